The molecule has 1 heterocycles. The van der Waals surface area contributed by atoms with Crippen molar-refractivity contribution in [1.29, 1.82) is 0 Å². The standard InChI is InChI=1S/C24H36N2O3/c1-23(2)9-7-18(8-10-23)21-17-19(5-6-20(21)22(25)27)24(3,4)29-16-13-26-11-14-28-15-12-26/h5-7,17H,8-16H2,1-4H3,(H2,25,27). The predicted octanol–water partition coefficient (Wildman–Crippen LogP) is 3.96. The van der Waals surface area contributed by atoms with Crippen molar-refractivity contribution in [2.75, 3.05) is 39.5 Å². The summed E-state index contributed by atoms with van der Waals surface area (Å²) in [4.78, 5) is 14.4. The highest BCUT2D eigenvalue weighted by Gasteiger charge is 2.27. The number of rotatable bonds is 7. The zero-order valence-electron chi connectivity index (χ0n) is 18.4. The molecule has 1 aliphatic carbocycles. The van der Waals surface area contributed by atoms with Crippen LogP contribution in [0.15, 0.2) is 24.3 Å². The van der Waals surface area contributed by atoms with Gasteiger partial charge in [-0.05, 0) is 67.4 Å². The summed E-state index contributed by atoms with van der Waals surface area (Å²) in [5.41, 5.74) is 9.43. The van der Waals surface area contributed by atoms with E-state index in [9.17, 15) is 4.79 Å². The van der Waals surface area contributed by atoms with Crippen LogP contribution in [0.1, 0.15) is 68.4 Å². The molecule has 0 unspecified atom stereocenters. The number of allylic oxidation sites excluding steroid dienone is 2. The van der Waals surface area contributed by atoms with Crippen LogP contribution >= 0.6 is 0 Å². The van der Waals surface area contributed by atoms with Crippen molar-refractivity contribution in [3.05, 3.63) is 41.0 Å². The highest BCUT2D eigenvalue weighted by atomic mass is 16.5. The maximum Gasteiger partial charge on any atom is 0.249 e. The van der Waals surface area contributed by atoms with Crippen LogP contribution in [0.3, 0.4) is 0 Å². The van der Waals surface area contributed by atoms with E-state index in [2.05, 4.69) is 44.7 Å². The van der Waals surface area contributed by atoms with E-state index in [0.29, 0.717) is 17.6 Å². The number of hydrogen-bond acceptors (Lipinski definition) is 4. The van der Waals surface area contributed by atoms with Crippen LogP contribution < -0.4 is 5.73 Å². The second-order valence-electron chi connectivity index (χ2n) is 9.54. The second-order valence-corrected chi connectivity index (χ2v) is 9.54. The average molecular weight is 401 g/mol. The molecule has 160 valence electrons. The number of amides is 1. The van der Waals surface area contributed by atoms with Gasteiger partial charge in [-0.15, -0.1) is 0 Å². The summed E-state index contributed by atoms with van der Waals surface area (Å²) in [6.07, 6.45) is 5.38. The Labute approximate surface area is 175 Å². The van der Waals surface area contributed by atoms with Crippen molar-refractivity contribution < 1.29 is 14.3 Å². The number of nitrogens with two attached hydrogens (primary N) is 1. The van der Waals surface area contributed by atoms with Gasteiger partial charge >= 0.3 is 0 Å². The Kier molecular flexibility index (Phi) is 6.82. The van der Waals surface area contributed by atoms with Crippen LogP contribution in [0.5, 0.6) is 0 Å². The van der Waals surface area contributed by atoms with Crippen LogP contribution in [-0.2, 0) is 15.1 Å². The molecule has 1 aliphatic heterocycles. The Morgan fingerprint density at radius 2 is 2.00 bits per heavy atom. The Hall–Kier alpha value is -1.69. The van der Waals surface area contributed by atoms with E-state index < -0.39 is 5.60 Å². The van der Waals surface area contributed by atoms with E-state index in [1.54, 1.807) is 0 Å². The lowest BCUT2D eigenvalue weighted by Gasteiger charge is -2.32. The lowest BCUT2D eigenvalue weighted by atomic mass is 9.76. The van der Waals surface area contributed by atoms with Crippen molar-refractivity contribution >= 4 is 11.5 Å². The van der Waals surface area contributed by atoms with Gasteiger partial charge < -0.3 is 15.2 Å². The Balaban J connectivity index is 1.76. The summed E-state index contributed by atoms with van der Waals surface area (Å²) in [7, 11) is 0. The number of hydrogen-bond donors (Lipinski definition) is 1. The largest absolute Gasteiger partial charge is 0.379 e. The monoisotopic (exact) mass is 400 g/mol. The molecule has 2 N–H and O–H groups in total. The van der Waals surface area contributed by atoms with E-state index in [0.717, 1.165) is 63.2 Å². The third kappa shape index (κ3) is 5.68. The molecule has 2 aliphatic rings. The molecule has 3 rings (SSSR count). The first-order valence-corrected chi connectivity index (χ1v) is 10.8. The minimum Gasteiger partial charge on any atom is -0.379 e. The predicted molar refractivity (Wildman–Crippen MR) is 117 cm³/mol. The first-order chi connectivity index (χ1) is 13.7. The van der Waals surface area contributed by atoms with E-state index in [1.807, 2.05) is 12.1 Å². The van der Waals surface area contributed by atoms with Crippen LogP contribution in [0.25, 0.3) is 5.57 Å². The summed E-state index contributed by atoms with van der Waals surface area (Å²) in [5, 5.41) is 0. The SMILES string of the molecule is CC1(C)CC=C(c2cc(C(C)(C)OCCN3CCOCC3)ccc2C(N)=O)CC1. The van der Waals surface area contributed by atoms with Gasteiger partial charge in [0.2, 0.25) is 5.91 Å². The lowest BCUT2D eigenvalue weighted by molar-refractivity contribution is -0.0420. The summed E-state index contributed by atoms with van der Waals surface area (Å²) >= 11 is 0. The molecule has 5 heteroatoms. The normalized spacial score (nSPS) is 20.3. The van der Waals surface area contributed by atoms with Gasteiger partial charge in [0.15, 0.2) is 0 Å². The van der Waals surface area contributed by atoms with Crippen LogP contribution in [0.4, 0.5) is 0 Å². The van der Waals surface area contributed by atoms with Crippen molar-refractivity contribution in [2.24, 2.45) is 11.1 Å². The van der Waals surface area contributed by atoms with Crippen LogP contribution in [0, 0.1) is 5.41 Å². The fourth-order valence-corrected chi connectivity index (χ4v) is 4.06. The average Bonchev–Trinajstić information content (AvgIpc) is 2.68. The molecular weight excluding hydrogens is 364 g/mol. The van der Waals surface area contributed by atoms with Gasteiger partial charge in [-0.1, -0.05) is 26.0 Å². The molecule has 0 saturated carbocycles. The topological polar surface area (TPSA) is 64.8 Å². The van der Waals surface area contributed by atoms with Gasteiger partial charge in [0.25, 0.3) is 0 Å². The molecule has 0 aromatic heterocycles. The third-order valence-corrected chi connectivity index (χ3v) is 6.27. The molecule has 1 fully saturated rings. The van der Waals surface area contributed by atoms with Gasteiger partial charge in [0.1, 0.15) is 0 Å². The van der Waals surface area contributed by atoms with Gasteiger partial charge in [0.05, 0.1) is 25.4 Å². The first kappa shape index (κ1) is 22.0. The minimum atomic E-state index is -0.439. The number of nitrogens with zero attached hydrogens (tertiary/aromatic N) is 1. The maximum absolute atomic E-state index is 12.0. The molecule has 29 heavy (non-hydrogen) atoms. The summed E-state index contributed by atoms with van der Waals surface area (Å²) in [6, 6.07) is 5.95. The number of ether oxygens (including phenoxy) is 2. The van der Waals surface area contributed by atoms with E-state index in [-0.39, 0.29) is 5.91 Å². The number of primary amides is 1. The molecule has 0 atom stereocenters. The van der Waals surface area contributed by atoms with Crippen molar-refractivity contribution in [2.45, 2.75) is 52.6 Å². The molecule has 1 aromatic carbocycles. The fourth-order valence-electron chi connectivity index (χ4n) is 4.06. The molecule has 1 aromatic rings. The number of benzene rings is 1. The lowest BCUT2D eigenvalue weighted by Crippen LogP contribution is -2.39. The van der Waals surface area contributed by atoms with Gasteiger partial charge in [-0.3, -0.25) is 9.69 Å². The van der Waals surface area contributed by atoms with Crippen molar-refractivity contribution in [1.82, 2.24) is 4.90 Å². The smallest absolute Gasteiger partial charge is 0.249 e. The minimum absolute atomic E-state index is 0.315. The van der Waals surface area contributed by atoms with Gasteiger partial charge in [-0.25, -0.2) is 0 Å². The summed E-state index contributed by atoms with van der Waals surface area (Å²) in [6.45, 7) is 13.9. The number of carbonyl (C=O) groups is 1. The summed E-state index contributed by atoms with van der Waals surface area (Å²) < 4.78 is 11.7. The Morgan fingerprint density at radius 3 is 2.62 bits per heavy atom. The molecule has 0 radical (unpaired) electrons. The molecular formula is C24H36N2O3. The highest BCUT2D eigenvalue weighted by Crippen LogP contribution is 2.39. The van der Waals surface area contributed by atoms with Crippen molar-refractivity contribution in [3.63, 3.8) is 0 Å². The zero-order chi connectivity index (χ0) is 21.1. The van der Waals surface area contributed by atoms with Crippen LogP contribution in [-0.4, -0.2) is 50.3 Å². The second kappa shape index (κ2) is 8.99. The fraction of sp³-hybridized carbons (Fsp3) is 0.625. The van der Waals surface area contributed by atoms with Gasteiger partial charge in [0, 0.05) is 25.2 Å². The Morgan fingerprint density at radius 1 is 1.28 bits per heavy atom. The van der Waals surface area contributed by atoms with E-state index >= 15 is 0 Å². The molecule has 5 nitrogen and oxygen atoms in total. The molecule has 1 saturated heterocycles. The molecule has 0 spiro atoms. The number of morpholine rings is 1. The van der Waals surface area contributed by atoms with Gasteiger partial charge in [-0.2, -0.15) is 0 Å². The van der Waals surface area contributed by atoms with Crippen LogP contribution in [0.2, 0.25) is 0 Å². The Bertz CT molecular complexity index is 761. The summed E-state index contributed by atoms with van der Waals surface area (Å²) in [5.74, 6) is -0.372. The quantitative estimate of drug-likeness (QED) is 0.752. The first-order valence-electron chi connectivity index (χ1n) is 10.8. The number of carbonyl (C=O) groups excluding carboxylic acids is 1. The third-order valence-electron chi connectivity index (χ3n) is 6.27. The van der Waals surface area contributed by atoms with E-state index in [1.165, 1.54) is 5.57 Å². The molecule has 1 amide bonds. The molecule has 0 bridgehead atoms. The van der Waals surface area contributed by atoms with E-state index in [4.69, 9.17) is 15.2 Å². The zero-order valence-corrected chi connectivity index (χ0v) is 18.4. The van der Waals surface area contributed by atoms with Crippen molar-refractivity contribution in [3.8, 4) is 0 Å². The maximum atomic E-state index is 12.0. The highest BCUT2D eigenvalue weighted by molar-refractivity contribution is 5.98.